The Morgan fingerprint density at radius 1 is 0.857 bits per heavy atom. The van der Waals surface area contributed by atoms with Crippen molar-refractivity contribution >= 4 is 11.8 Å². The first-order valence-corrected chi connectivity index (χ1v) is 10.4. The zero-order valence-corrected chi connectivity index (χ0v) is 16.4. The lowest BCUT2D eigenvalue weighted by Gasteiger charge is -2.43. The molecule has 152 valence electrons. The highest BCUT2D eigenvalue weighted by Crippen LogP contribution is 2.25. The zero-order chi connectivity index (χ0) is 19.5. The van der Waals surface area contributed by atoms with E-state index < -0.39 is 0 Å². The SMILES string of the molecule is O=C(CN1CCN(C(=O)c2ccc(F)cc2)CC1)N1CCN(C2CCC2)CC1. The minimum absolute atomic E-state index is 0.0712. The highest BCUT2D eigenvalue weighted by molar-refractivity contribution is 5.94. The van der Waals surface area contributed by atoms with Gasteiger partial charge in [-0.2, -0.15) is 0 Å². The number of hydrogen-bond acceptors (Lipinski definition) is 4. The van der Waals surface area contributed by atoms with Gasteiger partial charge in [0.2, 0.25) is 5.91 Å². The number of piperazine rings is 2. The normalized spacial score (nSPS) is 22.2. The van der Waals surface area contributed by atoms with Crippen LogP contribution in [0.15, 0.2) is 24.3 Å². The molecule has 6 nitrogen and oxygen atoms in total. The number of carbonyl (C=O) groups excluding carboxylic acids is 2. The summed E-state index contributed by atoms with van der Waals surface area (Å²) in [5, 5.41) is 0. The van der Waals surface area contributed by atoms with Crippen LogP contribution < -0.4 is 0 Å². The van der Waals surface area contributed by atoms with Gasteiger partial charge in [-0.1, -0.05) is 6.42 Å². The van der Waals surface area contributed by atoms with E-state index in [1.54, 1.807) is 4.90 Å². The highest BCUT2D eigenvalue weighted by Gasteiger charge is 2.30. The van der Waals surface area contributed by atoms with E-state index in [2.05, 4.69) is 9.80 Å². The first-order chi connectivity index (χ1) is 13.6. The fourth-order valence-electron chi connectivity index (χ4n) is 4.26. The Kier molecular flexibility index (Phi) is 5.92. The van der Waals surface area contributed by atoms with Crippen molar-refractivity contribution in [2.75, 3.05) is 58.9 Å². The Labute approximate surface area is 165 Å². The number of benzene rings is 1. The van der Waals surface area contributed by atoms with Crippen LogP contribution in [0.3, 0.4) is 0 Å². The van der Waals surface area contributed by atoms with Crippen LogP contribution in [0.2, 0.25) is 0 Å². The van der Waals surface area contributed by atoms with Crippen LogP contribution >= 0.6 is 0 Å². The number of nitrogens with zero attached hydrogens (tertiary/aromatic N) is 4. The van der Waals surface area contributed by atoms with Gasteiger partial charge in [0.05, 0.1) is 6.54 Å². The fourth-order valence-corrected chi connectivity index (χ4v) is 4.26. The summed E-state index contributed by atoms with van der Waals surface area (Å²) in [5.74, 6) is -0.210. The maximum Gasteiger partial charge on any atom is 0.253 e. The third kappa shape index (κ3) is 4.36. The minimum Gasteiger partial charge on any atom is -0.339 e. The molecule has 28 heavy (non-hydrogen) atoms. The van der Waals surface area contributed by atoms with E-state index in [1.807, 2.05) is 4.90 Å². The number of halogens is 1. The lowest BCUT2D eigenvalue weighted by molar-refractivity contribution is -0.135. The van der Waals surface area contributed by atoms with Crippen molar-refractivity contribution in [1.29, 1.82) is 0 Å². The van der Waals surface area contributed by atoms with E-state index in [1.165, 1.54) is 43.5 Å². The molecule has 0 radical (unpaired) electrons. The average molecular weight is 388 g/mol. The third-order valence-corrected chi connectivity index (χ3v) is 6.37. The van der Waals surface area contributed by atoms with Crippen molar-refractivity contribution in [1.82, 2.24) is 19.6 Å². The van der Waals surface area contributed by atoms with Crippen LogP contribution in [-0.2, 0) is 4.79 Å². The van der Waals surface area contributed by atoms with Gasteiger partial charge in [0.1, 0.15) is 5.82 Å². The molecule has 7 heteroatoms. The summed E-state index contributed by atoms with van der Waals surface area (Å²) in [6, 6.07) is 6.43. The molecule has 2 aliphatic heterocycles. The van der Waals surface area contributed by atoms with Crippen LogP contribution in [0.4, 0.5) is 4.39 Å². The lowest BCUT2D eigenvalue weighted by atomic mass is 9.91. The average Bonchev–Trinajstić information content (AvgIpc) is 2.68. The Balaban J connectivity index is 1.20. The van der Waals surface area contributed by atoms with Gasteiger partial charge in [-0.15, -0.1) is 0 Å². The van der Waals surface area contributed by atoms with Crippen LogP contribution in [0.5, 0.6) is 0 Å². The molecule has 2 amide bonds. The van der Waals surface area contributed by atoms with E-state index in [9.17, 15) is 14.0 Å². The largest absolute Gasteiger partial charge is 0.339 e. The van der Waals surface area contributed by atoms with Gasteiger partial charge in [0, 0.05) is 64.0 Å². The molecule has 2 saturated heterocycles. The molecule has 2 heterocycles. The first-order valence-electron chi connectivity index (χ1n) is 10.4. The standard InChI is InChI=1S/C21H29FN4O2/c22-18-6-4-17(5-7-18)21(28)26-10-8-23(9-11-26)16-20(27)25-14-12-24(13-15-25)19-2-1-3-19/h4-7,19H,1-3,8-16H2. The van der Waals surface area contributed by atoms with Crippen LogP contribution in [0.1, 0.15) is 29.6 Å². The molecule has 1 aromatic carbocycles. The molecule has 0 atom stereocenters. The van der Waals surface area contributed by atoms with Crippen LogP contribution in [0, 0.1) is 5.82 Å². The Bertz CT molecular complexity index is 691. The number of amides is 2. The Morgan fingerprint density at radius 3 is 2.04 bits per heavy atom. The first kappa shape index (κ1) is 19.3. The fraction of sp³-hybridized carbons (Fsp3) is 0.619. The molecule has 0 N–H and O–H groups in total. The molecule has 1 aliphatic carbocycles. The topological polar surface area (TPSA) is 47.1 Å². The van der Waals surface area contributed by atoms with E-state index in [-0.39, 0.29) is 17.6 Å². The zero-order valence-electron chi connectivity index (χ0n) is 16.4. The summed E-state index contributed by atoms with van der Waals surface area (Å²) in [6.45, 7) is 6.67. The Hall–Kier alpha value is -1.99. The third-order valence-electron chi connectivity index (χ3n) is 6.37. The second-order valence-corrected chi connectivity index (χ2v) is 8.08. The Morgan fingerprint density at radius 2 is 1.46 bits per heavy atom. The number of rotatable bonds is 4. The number of carbonyl (C=O) groups is 2. The highest BCUT2D eigenvalue weighted by atomic mass is 19.1. The van der Waals surface area contributed by atoms with Crippen LogP contribution in [-0.4, -0.2) is 96.4 Å². The van der Waals surface area contributed by atoms with Crippen LogP contribution in [0.25, 0.3) is 0 Å². The van der Waals surface area contributed by atoms with Crippen molar-refractivity contribution < 1.29 is 14.0 Å². The predicted molar refractivity (Wildman–Crippen MR) is 105 cm³/mol. The minimum atomic E-state index is -0.339. The second kappa shape index (κ2) is 8.57. The van der Waals surface area contributed by atoms with Gasteiger partial charge in [0.15, 0.2) is 0 Å². The monoisotopic (exact) mass is 388 g/mol. The van der Waals surface area contributed by atoms with Gasteiger partial charge in [-0.3, -0.25) is 19.4 Å². The molecule has 4 rings (SSSR count). The molecule has 1 aromatic rings. The summed E-state index contributed by atoms with van der Waals surface area (Å²) < 4.78 is 13.0. The summed E-state index contributed by atoms with van der Waals surface area (Å²) in [5.41, 5.74) is 0.510. The van der Waals surface area contributed by atoms with Crippen molar-refractivity contribution in [3.63, 3.8) is 0 Å². The lowest BCUT2D eigenvalue weighted by Crippen LogP contribution is -2.56. The maximum absolute atomic E-state index is 13.0. The van der Waals surface area contributed by atoms with Crippen molar-refractivity contribution in [2.45, 2.75) is 25.3 Å². The van der Waals surface area contributed by atoms with Gasteiger partial charge in [-0.05, 0) is 37.1 Å². The molecule has 3 fully saturated rings. The molecule has 1 saturated carbocycles. The van der Waals surface area contributed by atoms with Gasteiger partial charge in [0.25, 0.3) is 5.91 Å². The molecular weight excluding hydrogens is 359 g/mol. The summed E-state index contributed by atoms with van der Waals surface area (Å²) >= 11 is 0. The number of hydrogen-bond donors (Lipinski definition) is 0. The molecule has 0 spiro atoms. The van der Waals surface area contributed by atoms with E-state index in [0.29, 0.717) is 38.3 Å². The second-order valence-electron chi connectivity index (χ2n) is 8.08. The molecule has 0 aromatic heterocycles. The molecule has 3 aliphatic rings. The molecular formula is C21H29FN4O2. The van der Waals surface area contributed by atoms with E-state index in [0.717, 1.165) is 32.2 Å². The van der Waals surface area contributed by atoms with Gasteiger partial charge >= 0.3 is 0 Å². The summed E-state index contributed by atoms with van der Waals surface area (Å²) in [6.07, 6.45) is 3.98. The molecule has 0 unspecified atom stereocenters. The predicted octanol–water partition coefficient (Wildman–Crippen LogP) is 1.28. The van der Waals surface area contributed by atoms with Crippen molar-refractivity contribution in [3.8, 4) is 0 Å². The smallest absolute Gasteiger partial charge is 0.253 e. The van der Waals surface area contributed by atoms with Gasteiger partial charge in [-0.25, -0.2) is 4.39 Å². The van der Waals surface area contributed by atoms with Gasteiger partial charge < -0.3 is 9.80 Å². The van der Waals surface area contributed by atoms with Crippen molar-refractivity contribution in [2.24, 2.45) is 0 Å². The molecule has 0 bridgehead atoms. The summed E-state index contributed by atoms with van der Waals surface area (Å²) in [4.78, 5) is 33.6. The van der Waals surface area contributed by atoms with E-state index in [4.69, 9.17) is 0 Å². The van der Waals surface area contributed by atoms with Crippen molar-refractivity contribution in [3.05, 3.63) is 35.6 Å². The summed E-state index contributed by atoms with van der Waals surface area (Å²) in [7, 11) is 0. The quantitative estimate of drug-likeness (QED) is 0.780. The van der Waals surface area contributed by atoms with E-state index >= 15 is 0 Å². The maximum atomic E-state index is 13.0.